The van der Waals surface area contributed by atoms with Crippen molar-refractivity contribution in [2.75, 3.05) is 10.8 Å². The molecule has 0 unspecified atom stereocenters. The van der Waals surface area contributed by atoms with Crippen LogP contribution in [0.25, 0.3) is 0 Å². The number of hydrogen-bond acceptors (Lipinski definition) is 4. The maximum atomic E-state index is 14.7. The molecule has 46 heavy (non-hydrogen) atoms. The van der Waals surface area contributed by atoms with Crippen LogP contribution >= 0.6 is 0 Å². The van der Waals surface area contributed by atoms with Crippen LogP contribution in [0.2, 0.25) is 0 Å². The first kappa shape index (κ1) is 34.4. The van der Waals surface area contributed by atoms with Gasteiger partial charge in [0, 0.05) is 19.0 Å². The molecule has 1 N–H and O–H groups in total. The van der Waals surface area contributed by atoms with E-state index in [1.54, 1.807) is 41.3 Å². The summed E-state index contributed by atoms with van der Waals surface area (Å²) in [6, 6.07) is 28.4. The fourth-order valence-electron chi connectivity index (χ4n) is 5.32. The molecule has 0 aliphatic rings. The Kier molecular flexibility index (Phi) is 11.4. The molecule has 4 rings (SSSR count). The average molecular weight is 640 g/mol. The Bertz CT molecular complexity index is 1750. The standard InChI is InChI=1S/C38H45N3O4S/c1-7-30(5)39-38(43)36(24-32-16-9-8-10-17-32)40(25-33-18-12-11-14-29(33)4)37(42)26-41(35-19-13-15-28(3)31(35)6)46(44,45)34-22-20-27(2)21-23-34/h8-23,30,36H,7,24-26H2,1-6H3,(H,39,43)/t30-,36+/m0/s1. The van der Waals surface area contributed by atoms with Crippen molar-refractivity contribution in [2.45, 2.75) is 77.9 Å². The number of nitrogens with zero attached hydrogens (tertiary/aromatic N) is 2. The van der Waals surface area contributed by atoms with Gasteiger partial charge in [0.15, 0.2) is 0 Å². The van der Waals surface area contributed by atoms with Crippen LogP contribution in [-0.4, -0.2) is 43.8 Å². The number of carbonyl (C=O) groups excluding carboxylic acids is 2. The Morgan fingerprint density at radius 3 is 2.07 bits per heavy atom. The van der Waals surface area contributed by atoms with Crippen LogP contribution in [-0.2, 0) is 32.6 Å². The summed E-state index contributed by atoms with van der Waals surface area (Å²) in [5.41, 5.74) is 5.76. The van der Waals surface area contributed by atoms with Gasteiger partial charge < -0.3 is 10.2 Å². The Morgan fingerprint density at radius 2 is 1.41 bits per heavy atom. The summed E-state index contributed by atoms with van der Waals surface area (Å²) in [4.78, 5) is 30.3. The molecule has 2 atom stereocenters. The molecule has 0 radical (unpaired) electrons. The van der Waals surface area contributed by atoms with Crippen LogP contribution in [0.5, 0.6) is 0 Å². The fourth-order valence-corrected chi connectivity index (χ4v) is 6.79. The number of carbonyl (C=O) groups is 2. The van der Waals surface area contributed by atoms with E-state index >= 15 is 0 Å². The maximum absolute atomic E-state index is 14.7. The van der Waals surface area contributed by atoms with E-state index in [9.17, 15) is 18.0 Å². The van der Waals surface area contributed by atoms with Gasteiger partial charge in [0.05, 0.1) is 10.6 Å². The molecule has 0 saturated carbocycles. The van der Waals surface area contributed by atoms with Crippen LogP contribution < -0.4 is 9.62 Å². The van der Waals surface area contributed by atoms with Gasteiger partial charge in [0.25, 0.3) is 10.0 Å². The second kappa shape index (κ2) is 15.2. The molecule has 8 heteroatoms. The number of nitrogens with one attached hydrogen (secondary N) is 1. The SMILES string of the molecule is CC[C@H](C)NC(=O)[C@@H](Cc1ccccc1)N(Cc1ccccc1C)C(=O)CN(c1cccc(C)c1C)S(=O)(=O)c1ccc(C)cc1. The largest absolute Gasteiger partial charge is 0.352 e. The lowest BCUT2D eigenvalue weighted by Crippen LogP contribution is -2.54. The van der Waals surface area contributed by atoms with E-state index < -0.39 is 28.5 Å². The molecule has 242 valence electrons. The summed E-state index contributed by atoms with van der Waals surface area (Å²) in [5.74, 6) is -0.750. The summed E-state index contributed by atoms with van der Waals surface area (Å²) in [6.45, 7) is 11.2. The van der Waals surface area contributed by atoms with Gasteiger partial charge in [-0.15, -0.1) is 0 Å². The molecular formula is C38H45N3O4S. The Hall–Kier alpha value is -4.43. The molecule has 0 aliphatic heterocycles. The normalized spacial score (nSPS) is 12.7. The molecule has 0 aromatic heterocycles. The van der Waals surface area contributed by atoms with Crippen molar-refractivity contribution in [2.24, 2.45) is 0 Å². The Morgan fingerprint density at radius 1 is 0.783 bits per heavy atom. The van der Waals surface area contributed by atoms with Crippen molar-refractivity contribution in [1.29, 1.82) is 0 Å². The van der Waals surface area contributed by atoms with Crippen molar-refractivity contribution in [3.63, 3.8) is 0 Å². The maximum Gasteiger partial charge on any atom is 0.264 e. The molecule has 0 saturated heterocycles. The van der Waals surface area contributed by atoms with Crippen molar-refractivity contribution in [3.05, 3.63) is 130 Å². The topological polar surface area (TPSA) is 86.8 Å². The van der Waals surface area contributed by atoms with Gasteiger partial charge in [-0.2, -0.15) is 0 Å². The number of rotatable bonds is 13. The second-order valence-electron chi connectivity index (χ2n) is 12.0. The smallest absolute Gasteiger partial charge is 0.264 e. The predicted octanol–water partition coefficient (Wildman–Crippen LogP) is 6.67. The molecule has 2 amide bonds. The first-order valence-electron chi connectivity index (χ1n) is 15.8. The second-order valence-corrected chi connectivity index (χ2v) is 13.9. The first-order valence-corrected chi connectivity index (χ1v) is 17.2. The highest BCUT2D eigenvalue weighted by Crippen LogP contribution is 2.29. The molecule has 0 heterocycles. The summed E-state index contributed by atoms with van der Waals surface area (Å²) < 4.78 is 29.9. The minimum absolute atomic E-state index is 0.0904. The number of sulfonamides is 1. The van der Waals surface area contributed by atoms with Gasteiger partial charge in [-0.3, -0.25) is 13.9 Å². The minimum atomic E-state index is -4.16. The van der Waals surface area contributed by atoms with Gasteiger partial charge >= 0.3 is 0 Å². The van der Waals surface area contributed by atoms with E-state index in [0.717, 1.165) is 39.8 Å². The summed E-state index contributed by atoms with van der Waals surface area (Å²) in [5, 5.41) is 3.08. The molecule has 0 aliphatic carbocycles. The van der Waals surface area contributed by atoms with Crippen molar-refractivity contribution in [1.82, 2.24) is 10.2 Å². The predicted molar refractivity (Wildman–Crippen MR) is 185 cm³/mol. The number of aryl methyl sites for hydroxylation is 3. The number of benzene rings is 4. The lowest BCUT2D eigenvalue weighted by molar-refractivity contribution is -0.140. The van der Waals surface area contributed by atoms with E-state index in [0.29, 0.717) is 5.69 Å². The van der Waals surface area contributed by atoms with Gasteiger partial charge in [-0.05, 0) is 87.1 Å². The zero-order valence-electron chi connectivity index (χ0n) is 27.7. The third kappa shape index (κ3) is 8.23. The number of amides is 2. The molecule has 4 aromatic carbocycles. The highest BCUT2D eigenvalue weighted by molar-refractivity contribution is 7.92. The van der Waals surface area contributed by atoms with E-state index in [2.05, 4.69) is 5.32 Å². The van der Waals surface area contributed by atoms with Crippen molar-refractivity contribution in [3.8, 4) is 0 Å². The molecule has 0 fully saturated rings. The lowest BCUT2D eigenvalue weighted by atomic mass is 10.0. The van der Waals surface area contributed by atoms with E-state index in [4.69, 9.17) is 0 Å². The van der Waals surface area contributed by atoms with Crippen molar-refractivity contribution < 1.29 is 18.0 Å². The quantitative estimate of drug-likeness (QED) is 0.177. The zero-order chi connectivity index (χ0) is 33.4. The highest BCUT2D eigenvalue weighted by Gasteiger charge is 2.35. The number of anilines is 1. The molecule has 7 nitrogen and oxygen atoms in total. The monoisotopic (exact) mass is 639 g/mol. The van der Waals surface area contributed by atoms with Crippen LogP contribution in [0.3, 0.4) is 0 Å². The summed E-state index contributed by atoms with van der Waals surface area (Å²) in [7, 11) is -4.16. The third-order valence-corrected chi connectivity index (χ3v) is 10.4. The van der Waals surface area contributed by atoms with Gasteiger partial charge in [0.1, 0.15) is 12.6 Å². The third-order valence-electron chi connectivity index (χ3n) is 8.61. The zero-order valence-corrected chi connectivity index (χ0v) is 28.5. The minimum Gasteiger partial charge on any atom is -0.352 e. The van der Waals surface area contributed by atoms with Crippen molar-refractivity contribution >= 4 is 27.5 Å². The summed E-state index contributed by atoms with van der Waals surface area (Å²) >= 11 is 0. The van der Waals surface area contributed by atoms with Crippen LogP contribution in [0.1, 0.15) is 53.6 Å². The Balaban J connectivity index is 1.85. The molecular weight excluding hydrogens is 595 g/mol. The molecule has 0 spiro atoms. The van der Waals surface area contributed by atoms with Gasteiger partial charge in [-0.25, -0.2) is 8.42 Å². The summed E-state index contributed by atoms with van der Waals surface area (Å²) in [6.07, 6.45) is 1.000. The van der Waals surface area contributed by atoms with Crippen LogP contribution in [0.4, 0.5) is 5.69 Å². The number of hydrogen-bond donors (Lipinski definition) is 1. The Labute approximate surface area is 274 Å². The van der Waals surface area contributed by atoms with E-state index in [1.807, 2.05) is 102 Å². The molecule has 0 bridgehead atoms. The van der Waals surface area contributed by atoms with E-state index in [1.165, 1.54) is 4.31 Å². The molecule has 4 aromatic rings. The van der Waals surface area contributed by atoms with Crippen LogP contribution in [0.15, 0.2) is 102 Å². The fraction of sp³-hybridized carbons (Fsp3) is 0.316. The highest BCUT2D eigenvalue weighted by atomic mass is 32.2. The lowest BCUT2D eigenvalue weighted by Gasteiger charge is -2.35. The van der Waals surface area contributed by atoms with Gasteiger partial charge in [0.2, 0.25) is 11.8 Å². The first-order chi connectivity index (χ1) is 21.9. The van der Waals surface area contributed by atoms with Crippen LogP contribution in [0, 0.1) is 27.7 Å². The average Bonchev–Trinajstić information content (AvgIpc) is 3.04. The van der Waals surface area contributed by atoms with E-state index in [-0.39, 0.29) is 29.8 Å². The van der Waals surface area contributed by atoms with Gasteiger partial charge in [-0.1, -0.05) is 91.3 Å².